The van der Waals surface area contributed by atoms with Crippen molar-refractivity contribution >= 4 is 80.5 Å². The topological polar surface area (TPSA) is 326 Å². The third kappa shape index (κ3) is 58.5. The molecule has 26 heteroatoms. The van der Waals surface area contributed by atoms with Crippen LogP contribution < -0.4 is 0 Å². The van der Waals surface area contributed by atoms with E-state index in [0.29, 0.717) is 0 Å². The summed E-state index contributed by atoms with van der Waals surface area (Å²) < 4.78 is 163. The van der Waals surface area contributed by atoms with E-state index in [4.69, 9.17) is 27.3 Å². The molecule has 0 saturated carbocycles. The Hall–Kier alpha value is 0.320. The van der Waals surface area contributed by atoms with Crippen molar-refractivity contribution in [1.29, 1.82) is 0 Å². The SMILES string of the molecule is O=S(=O)(O)CS(=O)(=O)O.O=S(=O)(O)CS(=O)(=O)O.O=S(=O)(O)CS(=O)(=O)O.P.P. The van der Waals surface area contributed by atoms with Crippen LogP contribution in [0.2, 0.25) is 0 Å². The fourth-order valence-corrected chi connectivity index (χ4v) is 5.08. The van der Waals surface area contributed by atoms with E-state index in [2.05, 4.69) is 0 Å². The van der Waals surface area contributed by atoms with Crippen LogP contribution in [0.4, 0.5) is 0 Å². The molecule has 0 fully saturated rings. The quantitative estimate of drug-likeness (QED) is 0.127. The summed E-state index contributed by atoms with van der Waals surface area (Å²) in [5.41, 5.74) is 0. The lowest BCUT2D eigenvalue weighted by Gasteiger charge is -1.89. The lowest BCUT2D eigenvalue weighted by molar-refractivity contribution is 0.467. The van der Waals surface area contributed by atoms with Crippen molar-refractivity contribution in [2.75, 3.05) is 15.3 Å². The van der Waals surface area contributed by atoms with Crippen LogP contribution in [0.25, 0.3) is 0 Å². The lowest BCUT2D eigenvalue weighted by atomic mass is 11.9. The molecule has 2 atom stereocenters. The van der Waals surface area contributed by atoms with E-state index in [9.17, 15) is 50.5 Å². The molecule has 6 N–H and O–H groups in total. The van der Waals surface area contributed by atoms with E-state index < -0.39 is 76.0 Å². The predicted molar refractivity (Wildman–Crippen MR) is 106 cm³/mol. The molecule has 0 amide bonds. The van der Waals surface area contributed by atoms with Crippen molar-refractivity contribution in [1.82, 2.24) is 0 Å². The Morgan fingerprint density at radius 1 is 0.310 bits per heavy atom. The van der Waals surface area contributed by atoms with Crippen LogP contribution in [-0.4, -0.2) is 93.1 Å². The Labute approximate surface area is 173 Å². The van der Waals surface area contributed by atoms with Crippen LogP contribution in [-0.2, 0) is 60.7 Å². The average molecular weight is 597 g/mol. The van der Waals surface area contributed by atoms with Crippen LogP contribution >= 0.6 is 19.8 Å². The second-order valence-electron chi connectivity index (χ2n) is 3.85. The van der Waals surface area contributed by atoms with Gasteiger partial charge in [-0.2, -0.15) is 70.3 Å². The molecule has 0 aliphatic rings. The highest BCUT2D eigenvalue weighted by Gasteiger charge is 2.16. The summed E-state index contributed by atoms with van der Waals surface area (Å²) >= 11 is 0. The van der Waals surface area contributed by atoms with E-state index >= 15 is 0 Å². The Balaban J connectivity index is -0.0000000960. The molecule has 18 nitrogen and oxygen atoms in total. The van der Waals surface area contributed by atoms with Crippen molar-refractivity contribution in [2.45, 2.75) is 0 Å². The van der Waals surface area contributed by atoms with Crippen molar-refractivity contribution in [3.8, 4) is 0 Å². The summed E-state index contributed by atoms with van der Waals surface area (Å²) in [6.45, 7) is 0. The second-order valence-corrected chi connectivity index (χ2v) is 13.7. The van der Waals surface area contributed by atoms with E-state index in [1.807, 2.05) is 0 Å². The molecule has 2 unspecified atom stereocenters. The van der Waals surface area contributed by atoms with Crippen LogP contribution in [0.5, 0.6) is 0 Å². The molecule has 0 heterocycles. The molecule has 0 radical (unpaired) electrons. The first-order valence-electron chi connectivity index (χ1n) is 4.83. The summed E-state index contributed by atoms with van der Waals surface area (Å²) in [4.78, 5) is 0. The van der Waals surface area contributed by atoms with Crippen LogP contribution in [0.3, 0.4) is 0 Å². The third-order valence-corrected chi connectivity index (χ3v) is 8.04. The Morgan fingerprint density at radius 2 is 0.379 bits per heavy atom. The van der Waals surface area contributed by atoms with Gasteiger partial charge in [-0.3, -0.25) is 27.3 Å². The Morgan fingerprint density at radius 3 is 0.379 bits per heavy atom. The van der Waals surface area contributed by atoms with E-state index in [0.717, 1.165) is 0 Å². The number of rotatable bonds is 6. The van der Waals surface area contributed by atoms with Crippen molar-refractivity contribution < 1.29 is 77.8 Å². The molecule has 0 spiro atoms. The minimum absolute atomic E-state index is 0. The zero-order valence-electron chi connectivity index (χ0n) is 13.6. The van der Waals surface area contributed by atoms with Crippen molar-refractivity contribution in [2.24, 2.45) is 0 Å². The minimum Gasteiger partial charge on any atom is -0.285 e. The van der Waals surface area contributed by atoms with E-state index in [1.54, 1.807) is 0 Å². The van der Waals surface area contributed by atoms with Gasteiger partial charge in [0.15, 0.2) is 0 Å². The molecule has 184 valence electrons. The van der Waals surface area contributed by atoms with Crippen LogP contribution in [0.1, 0.15) is 0 Å². The molecule has 0 aliphatic heterocycles. The van der Waals surface area contributed by atoms with Gasteiger partial charge < -0.3 is 0 Å². The summed E-state index contributed by atoms with van der Waals surface area (Å²) in [7, 11) is -27.7. The molecule has 0 saturated heterocycles. The van der Waals surface area contributed by atoms with Gasteiger partial charge in [0.1, 0.15) is 0 Å². The second kappa shape index (κ2) is 13.7. The van der Waals surface area contributed by atoms with Crippen LogP contribution in [0, 0.1) is 0 Å². The van der Waals surface area contributed by atoms with Gasteiger partial charge in [-0.25, -0.2) is 0 Å². The summed E-state index contributed by atoms with van der Waals surface area (Å²) in [6.07, 6.45) is 0. The highest BCUT2D eigenvalue weighted by atomic mass is 32.3. The van der Waals surface area contributed by atoms with Crippen LogP contribution in [0.15, 0.2) is 0 Å². The minimum atomic E-state index is -4.62. The highest BCUT2D eigenvalue weighted by molar-refractivity contribution is 8.03. The first kappa shape index (κ1) is 39.8. The molecule has 29 heavy (non-hydrogen) atoms. The molecule has 0 aromatic rings. The Kier molecular flexibility index (Phi) is 18.7. The number of hydrogen-bond acceptors (Lipinski definition) is 12. The first-order valence-corrected chi connectivity index (χ1v) is 14.5. The lowest BCUT2D eigenvalue weighted by Crippen LogP contribution is -2.13. The van der Waals surface area contributed by atoms with Gasteiger partial charge in [0.05, 0.1) is 0 Å². The van der Waals surface area contributed by atoms with Gasteiger partial charge in [-0.05, 0) is 0 Å². The van der Waals surface area contributed by atoms with Gasteiger partial charge in [0.2, 0.25) is 15.3 Å². The molecule has 0 rings (SSSR count). The fourth-order valence-electron chi connectivity index (χ4n) is 0.565. The van der Waals surface area contributed by atoms with Gasteiger partial charge >= 0.3 is 0 Å². The van der Waals surface area contributed by atoms with Gasteiger partial charge in [0, 0.05) is 0 Å². The maximum atomic E-state index is 9.66. The standard InChI is InChI=1S/3CH4O6S2.2H3P/c3*2-8(3,4)1-9(5,6)7;;/h3*1H2,(H,2,3,4)(H,5,6,7);2*1H3. The fraction of sp³-hybridized carbons (Fsp3) is 1.00. The van der Waals surface area contributed by atoms with E-state index in [1.165, 1.54) is 0 Å². The normalized spacial score (nSPS) is 12.6. The van der Waals surface area contributed by atoms with Crippen molar-refractivity contribution in [3.05, 3.63) is 0 Å². The van der Waals surface area contributed by atoms with E-state index in [-0.39, 0.29) is 19.8 Å². The number of hydrogen-bond donors (Lipinski definition) is 6. The molecular formula is C3H18O18P2S6. The highest BCUT2D eigenvalue weighted by Crippen LogP contribution is 1.89. The molecule has 0 bridgehead atoms. The molecule has 0 aromatic carbocycles. The summed E-state index contributed by atoms with van der Waals surface area (Å²) in [5, 5.41) is -4.96. The monoisotopic (exact) mass is 596 g/mol. The molecule has 0 aromatic heterocycles. The molecule has 0 aliphatic carbocycles. The van der Waals surface area contributed by atoms with Gasteiger partial charge in [0.25, 0.3) is 60.7 Å². The smallest absolute Gasteiger partial charge is 0.281 e. The van der Waals surface area contributed by atoms with Gasteiger partial charge in [-0.1, -0.05) is 0 Å². The summed E-state index contributed by atoms with van der Waals surface area (Å²) in [5.74, 6) is 0. The maximum absolute atomic E-state index is 9.66. The Bertz CT molecular complexity index is 866. The predicted octanol–water partition coefficient (Wildman–Crippen LogP) is -3.73. The molecular weight excluding hydrogens is 578 g/mol. The largest absolute Gasteiger partial charge is 0.285 e. The third-order valence-electron chi connectivity index (χ3n) is 0.894. The van der Waals surface area contributed by atoms with Gasteiger partial charge in [-0.15, -0.1) is 0 Å². The maximum Gasteiger partial charge on any atom is 0.281 e. The van der Waals surface area contributed by atoms with Crippen molar-refractivity contribution in [3.63, 3.8) is 0 Å². The zero-order chi connectivity index (χ0) is 23.1. The first-order chi connectivity index (χ1) is 11.1. The average Bonchev–Trinajstić information content (AvgIpc) is 1.96. The summed E-state index contributed by atoms with van der Waals surface area (Å²) in [6, 6.07) is 0. The zero-order valence-corrected chi connectivity index (χ0v) is 21.3.